The minimum absolute atomic E-state index is 0.0656. The van der Waals surface area contributed by atoms with E-state index in [0.29, 0.717) is 41.3 Å². The summed E-state index contributed by atoms with van der Waals surface area (Å²) in [5, 5.41) is 13.6. The van der Waals surface area contributed by atoms with Crippen LogP contribution in [-0.4, -0.2) is 64.8 Å². The number of nitrogens with zero attached hydrogens (tertiary/aromatic N) is 3. The molecule has 3 aromatic carbocycles. The molecule has 0 saturated carbocycles. The van der Waals surface area contributed by atoms with Crippen LogP contribution in [0.3, 0.4) is 0 Å². The molecule has 0 aliphatic heterocycles. The molecule has 1 amide bonds. The first-order valence-corrected chi connectivity index (χ1v) is 17.7. The second-order valence-corrected chi connectivity index (χ2v) is 12.9. The minimum Gasteiger partial charge on any atom is -0.507 e. The van der Waals surface area contributed by atoms with Gasteiger partial charge in [0.15, 0.2) is 30.3 Å². The maximum absolute atomic E-state index is 12.5. The fraction of sp³-hybridized carbons (Fsp3) is 0.390. The zero-order valence-electron chi connectivity index (χ0n) is 31.0. The highest BCUT2D eigenvalue weighted by molar-refractivity contribution is 5.81. The maximum Gasteiger partial charge on any atom is 0.410 e. The van der Waals surface area contributed by atoms with Crippen molar-refractivity contribution < 1.29 is 33.6 Å². The van der Waals surface area contributed by atoms with Gasteiger partial charge in [-0.05, 0) is 63.3 Å². The molecule has 4 rings (SSSR count). The molecule has 0 spiro atoms. The van der Waals surface area contributed by atoms with Crippen molar-refractivity contribution in [2.24, 2.45) is 5.92 Å². The summed E-state index contributed by atoms with van der Waals surface area (Å²) in [5.74, 6) is 1.25. The van der Waals surface area contributed by atoms with Crippen LogP contribution in [0.4, 0.5) is 4.79 Å². The van der Waals surface area contributed by atoms with Crippen LogP contribution in [0.5, 0.6) is 11.5 Å². The SMILES string of the molecule is C=CC(=O)OCNC(=O)OC(COCC(CC)CCCC)COc1ccc(-c2nc(-c3ccc(C)cc3C)nc(-c3ccc(C)cc3C)n2)c(O)c1. The molecular weight excluding hydrogens is 660 g/mol. The second-order valence-electron chi connectivity index (χ2n) is 12.9. The number of aromatic hydroxyl groups is 1. The van der Waals surface area contributed by atoms with Gasteiger partial charge in [-0.15, -0.1) is 0 Å². The van der Waals surface area contributed by atoms with Crippen molar-refractivity contribution >= 4 is 12.1 Å². The number of carbonyl (C=O) groups is 2. The summed E-state index contributed by atoms with van der Waals surface area (Å²) in [4.78, 5) is 38.3. The minimum atomic E-state index is -0.806. The van der Waals surface area contributed by atoms with Crippen LogP contribution in [0, 0.1) is 33.6 Å². The number of aryl methyl sites for hydroxylation is 4. The lowest BCUT2D eigenvalue weighted by atomic mass is 10.0. The third-order valence-corrected chi connectivity index (χ3v) is 8.60. The van der Waals surface area contributed by atoms with Gasteiger partial charge in [-0.3, -0.25) is 5.32 Å². The van der Waals surface area contributed by atoms with Crippen LogP contribution in [0.25, 0.3) is 34.2 Å². The number of alkyl carbamates (subject to hydrolysis) is 1. The summed E-state index contributed by atoms with van der Waals surface area (Å²) in [7, 11) is 0. The normalized spacial score (nSPS) is 12.1. The van der Waals surface area contributed by atoms with Crippen molar-refractivity contribution in [2.75, 3.05) is 26.6 Å². The average Bonchev–Trinajstić information content (AvgIpc) is 3.11. The highest BCUT2D eigenvalue weighted by Crippen LogP contribution is 2.34. The number of aromatic nitrogens is 3. The number of hydrogen-bond donors (Lipinski definition) is 2. The Labute approximate surface area is 306 Å². The molecular formula is C41H50N4O7. The van der Waals surface area contributed by atoms with Gasteiger partial charge in [-0.2, -0.15) is 0 Å². The topological polar surface area (TPSA) is 142 Å². The predicted molar refractivity (Wildman–Crippen MR) is 201 cm³/mol. The van der Waals surface area contributed by atoms with E-state index in [4.69, 9.17) is 33.9 Å². The first-order chi connectivity index (χ1) is 25.0. The second kappa shape index (κ2) is 19.4. The van der Waals surface area contributed by atoms with E-state index in [9.17, 15) is 14.7 Å². The quantitative estimate of drug-likeness (QED) is 0.0589. The molecule has 4 aromatic rings. The Morgan fingerprint density at radius 3 is 1.96 bits per heavy atom. The van der Waals surface area contributed by atoms with Crippen molar-refractivity contribution in [1.82, 2.24) is 20.3 Å². The molecule has 1 aromatic heterocycles. The molecule has 2 N–H and O–H groups in total. The molecule has 0 fully saturated rings. The molecule has 2 atom stereocenters. The van der Waals surface area contributed by atoms with Gasteiger partial charge in [0.1, 0.15) is 18.1 Å². The summed E-state index contributed by atoms with van der Waals surface area (Å²) in [5.41, 5.74) is 6.44. The van der Waals surface area contributed by atoms with Gasteiger partial charge in [-0.1, -0.05) is 87.2 Å². The van der Waals surface area contributed by atoms with Gasteiger partial charge < -0.3 is 24.1 Å². The predicted octanol–water partition coefficient (Wildman–Crippen LogP) is 8.21. The van der Waals surface area contributed by atoms with Crippen molar-refractivity contribution in [3.05, 3.63) is 89.5 Å². The number of benzene rings is 3. The fourth-order valence-corrected chi connectivity index (χ4v) is 5.64. The van der Waals surface area contributed by atoms with E-state index in [1.165, 1.54) is 6.07 Å². The molecule has 0 aliphatic carbocycles. The van der Waals surface area contributed by atoms with Gasteiger partial charge in [0.2, 0.25) is 0 Å². The van der Waals surface area contributed by atoms with E-state index < -0.39 is 18.2 Å². The van der Waals surface area contributed by atoms with Gasteiger partial charge >= 0.3 is 12.1 Å². The molecule has 0 saturated heterocycles. The van der Waals surface area contributed by atoms with Crippen LogP contribution >= 0.6 is 0 Å². The highest BCUT2D eigenvalue weighted by Gasteiger charge is 2.20. The van der Waals surface area contributed by atoms with Crippen molar-refractivity contribution in [1.29, 1.82) is 0 Å². The Bertz CT molecular complexity index is 1770. The number of unbranched alkanes of at least 4 members (excludes halogenated alkanes) is 1. The number of amides is 1. The van der Waals surface area contributed by atoms with Crippen molar-refractivity contribution in [2.45, 2.75) is 73.3 Å². The first kappa shape index (κ1) is 39.5. The van der Waals surface area contributed by atoms with E-state index in [2.05, 4.69) is 37.9 Å². The molecule has 0 aliphatic rings. The molecule has 0 radical (unpaired) electrons. The zero-order chi connectivity index (χ0) is 37.6. The Hall–Kier alpha value is -5.29. The summed E-state index contributed by atoms with van der Waals surface area (Å²) >= 11 is 0. The van der Waals surface area contributed by atoms with Crippen molar-refractivity contribution in [3.8, 4) is 45.7 Å². The molecule has 1 heterocycles. The Balaban J connectivity index is 1.56. The number of phenolic OH excluding ortho intramolecular Hbond substituents is 1. The van der Waals surface area contributed by atoms with Crippen molar-refractivity contribution in [3.63, 3.8) is 0 Å². The summed E-state index contributed by atoms with van der Waals surface area (Å²) in [6.07, 6.45) is 3.63. The van der Waals surface area contributed by atoms with Gasteiger partial charge in [-0.25, -0.2) is 24.5 Å². The monoisotopic (exact) mass is 710 g/mol. The number of carbonyl (C=O) groups excluding carboxylic acids is 2. The third-order valence-electron chi connectivity index (χ3n) is 8.60. The molecule has 276 valence electrons. The number of hydrogen-bond acceptors (Lipinski definition) is 10. The lowest BCUT2D eigenvalue weighted by molar-refractivity contribution is -0.138. The number of nitrogens with one attached hydrogen (secondary N) is 1. The first-order valence-electron chi connectivity index (χ1n) is 17.7. The van der Waals surface area contributed by atoms with Crippen LogP contribution in [0.15, 0.2) is 67.3 Å². The van der Waals surface area contributed by atoms with Crippen LogP contribution in [0.2, 0.25) is 0 Å². The largest absolute Gasteiger partial charge is 0.507 e. The van der Waals surface area contributed by atoms with E-state index in [1.807, 2.05) is 52.0 Å². The lowest BCUT2D eigenvalue weighted by Crippen LogP contribution is -2.36. The number of esters is 1. The van der Waals surface area contributed by atoms with Crippen LogP contribution < -0.4 is 10.1 Å². The standard InChI is InChI=1S/C41H50N4O7/c1-8-11-12-30(9-2)22-49-23-32(52-41(48)42-25-51-37(47)10-3)24-50-31-15-18-35(36(46)21-31)40-44-38(33-16-13-26(4)19-28(33)6)43-39(45-40)34-17-14-27(5)20-29(34)7/h10,13-21,30,32,46H,3,8-9,11-12,22-25H2,1-2,4-7H3,(H,42,48). The maximum atomic E-state index is 12.5. The molecule has 11 heteroatoms. The smallest absolute Gasteiger partial charge is 0.410 e. The van der Waals surface area contributed by atoms with E-state index in [0.717, 1.165) is 65.1 Å². The van der Waals surface area contributed by atoms with Gasteiger partial charge in [0.05, 0.1) is 12.2 Å². The summed E-state index contributed by atoms with van der Waals surface area (Å²) in [6.45, 7) is 15.9. The Morgan fingerprint density at radius 1 is 0.827 bits per heavy atom. The van der Waals surface area contributed by atoms with Gasteiger partial charge in [0, 0.05) is 29.9 Å². The van der Waals surface area contributed by atoms with Crippen LogP contribution in [-0.2, 0) is 19.0 Å². The number of rotatable bonds is 18. The Morgan fingerprint density at radius 2 is 1.42 bits per heavy atom. The fourth-order valence-electron chi connectivity index (χ4n) is 5.64. The average molecular weight is 711 g/mol. The lowest BCUT2D eigenvalue weighted by Gasteiger charge is -2.21. The number of ether oxygens (including phenoxy) is 4. The number of phenols is 1. The molecule has 11 nitrogen and oxygen atoms in total. The third kappa shape index (κ3) is 11.4. The highest BCUT2D eigenvalue weighted by atomic mass is 16.6. The van der Waals surface area contributed by atoms with Gasteiger partial charge in [0.25, 0.3) is 0 Å². The molecule has 0 bridgehead atoms. The van der Waals surface area contributed by atoms with E-state index in [-0.39, 0.29) is 25.7 Å². The van der Waals surface area contributed by atoms with E-state index in [1.54, 1.807) is 12.1 Å². The zero-order valence-corrected chi connectivity index (χ0v) is 31.0. The van der Waals surface area contributed by atoms with Crippen LogP contribution in [0.1, 0.15) is 61.8 Å². The summed E-state index contributed by atoms with van der Waals surface area (Å²) < 4.78 is 22.3. The summed E-state index contributed by atoms with van der Waals surface area (Å²) in [6, 6.07) is 17.0. The Kier molecular flexibility index (Phi) is 14.7. The molecule has 52 heavy (non-hydrogen) atoms. The molecule has 2 unspecified atom stereocenters. The van der Waals surface area contributed by atoms with E-state index >= 15 is 0 Å².